The molecule has 0 aromatic carbocycles. The molecule has 0 heterocycles. The van der Waals surface area contributed by atoms with Crippen molar-refractivity contribution in [2.45, 2.75) is 0 Å². The molecule has 0 fully saturated rings. The van der Waals surface area contributed by atoms with Crippen molar-refractivity contribution in [3.05, 3.63) is 0 Å². The summed E-state index contributed by atoms with van der Waals surface area (Å²) in [6, 6.07) is 0. The van der Waals surface area contributed by atoms with Gasteiger partial charge in [-0.05, 0) is 0 Å². The second-order valence-electron chi connectivity index (χ2n) is 0. The van der Waals surface area contributed by atoms with E-state index in [9.17, 15) is 0 Å². The Kier molecular flexibility index (Phi) is 522. The van der Waals surface area contributed by atoms with Gasteiger partial charge in [0, 0.05) is 19.8 Å². The zero-order chi connectivity index (χ0) is 0. The van der Waals surface area contributed by atoms with Gasteiger partial charge in [-0.2, -0.15) is 0 Å². The largest absolute Gasteiger partial charge is 1.00 e. The van der Waals surface area contributed by atoms with Crippen molar-refractivity contribution in [3.8, 4) is 0 Å². The normalized spacial score (nSPS) is 0. The van der Waals surface area contributed by atoms with Gasteiger partial charge in [0.05, 0.1) is 0 Å². The van der Waals surface area contributed by atoms with Crippen LogP contribution in [0.15, 0.2) is 0 Å². The van der Waals surface area contributed by atoms with Crippen molar-refractivity contribution in [1.82, 2.24) is 0 Å². The fourth-order valence-corrected chi connectivity index (χ4v) is 0. The maximum Gasteiger partial charge on any atom is 1.00 e. The van der Waals surface area contributed by atoms with Crippen LogP contribution in [0, 0.1) is 0 Å². The van der Waals surface area contributed by atoms with E-state index in [4.69, 9.17) is 0 Å². The molecule has 0 aliphatic heterocycles. The first-order valence-electron chi connectivity index (χ1n) is 0. The van der Waals surface area contributed by atoms with Crippen LogP contribution < -0.4 is 154 Å². The molecule has 0 saturated heterocycles. The molecule has 0 nitrogen and oxygen atoms in total. The van der Waals surface area contributed by atoms with Gasteiger partial charge in [-0.15, -0.1) is 102 Å². The molecule has 10 heteroatoms. The molecule has 0 spiro atoms. The molecular formula is H9Br6K3Os. The van der Waals surface area contributed by atoms with E-state index in [1.807, 2.05) is 0 Å². The molecule has 0 aliphatic carbocycles. The quantitative estimate of drug-likeness (QED) is 0.216. The average molecular weight is 796 g/mol. The van der Waals surface area contributed by atoms with E-state index in [-0.39, 0.29) is 280 Å². The van der Waals surface area contributed by atoms with Crippen LogP contribution >= 0.6 is 102 Å². The average Bonchev–Trinajstić information content (AvgIpc) is 0. The Bertz CT molecular complexity index is 23.1. The minimum Gasteiger partial charge on any atom is -1.00 e. The van der Waals surface area contributed by atoms with Crippen LogP contribution in [0.25, 0.3) is 0 Å². The zero-order valence-corrected chi connectivity index (χ0v) is 28.0. The van der Waals surface area contributed by atoms with Crippen LogP contribution in [0.3, 0.4) is 0 Å². The summed E-state index contributed by atoms with van der Waals surface area (Å²) in [5.74, 6) is 0. The summed E-state index contributed by atoms with van der Waals surface area (Å²) in [4.78, 5) is 0. The van der Waals surface area contributed by atoms with E-state index in [1.165, 1.54) is 0 Å². The molecule has 0 aromatic heterocycles. The summed E-state index contributed by atoms with van der Waals surface area (Å²) in [6.45, 7) is 0. The summed E-state index contributed by atoms with van der Waals surface area (Å²) in [5, 5.41) is 0. The second kappa shape index (κ2) is 66.2. The predicted octanol–water partition coefficient (Wildman–Crippen LogP) is -5.19. The Morgan fingerprint density at radius 2 is 0.400 bits per heavy atom. The first-order valence-corrected chi connectivity index (χ1v) is 0. The summed E-state index contributed by atoms with van der Waals surface area (Å²) in [7, 11) is 0. The van der Waals surface area contributed by atoms with Crippen molar-refractivity contribution in [2.24, 2.45) is 0 Å². The molecule has 0 atom stereocenters. The number of halogens is 6. The van der Waals surface area contributed by atoms with Gasteiger partial charge >= 0.3 is 154 Å². The third-order valence-electron chi connectivity index (χ3n) is 0. The van der Waals surface area contributed by atoms with Crippen LogP contribution in [-0.4, -0.2) is 0 Å². The summed E-state index contributed by atoms with van der Waals surface area (Å²) < 4.78 is 0. The van der Waals surface area contributed by atoms with Crippen LogP contribution in [0.5, 0.6) is 0 Å². The molecule has 0 amide bonds. The third kappa shape index (κ3) is 55.1. The van der Waals surface area contributed by atoms with E-state index < -0.39 is 0 Å². The van der Waals surface area contributed by atoms with Crippen LogP contribution in [0.4, 0.5) is 0 Å². The van der Waals surface area contributed by atoms with Gasteiger partial charge in [-0.3, -0.25) is 0 Å². The molecule has 0 rings (SSSR count). The monoisotopic (exact) mass is 791 g/mol. The number of hydrogen-bond donors (Lipinski definition) is 0. The maximum absolute atomic E-state index is 0. The van der Waals surface area contributed by atoms with Crippen LogP contribution in [0.2, 0.25) is 0 Å². The predicted molar refractivity (Wildman–Crippen MR) is 65.3 cm³/mol. The number of rotatable bonds is 0. The molecule has 0 saturated carbocycles. The minimum absolute atomic E-state index is 0. The van der Waals surface area contributed by atoms with Gasteiger partial charge in [0.1, 0.15) is 0 Å². The molecule has 0 unspecified atom stereocenters. The van der Waals surface area contributed by atoms with Gasteiger partial charge < -0.3 is 4.28 Å². The number of hydrogen-bond acceptors (Lipinski definition) is 0. The Labute approximate surface area is 271 Å². The van der Waals surface area contributed by atoms with Gasteiger partial charge in [-0.1, -0.05) is 0 Å². The molecule has 0 aromatic rings. The minimum atomic E-state index is 0. The van der Waals surface area contributed by atoms with Crippen LogP contribution in [-0.2, 0) is 19.8 Å². The van der Waals surface area contributed by atoms with Gasteiger partial charge in [0.25, 0.3) is 0 Å². The van der Waals surface area contributed by atoms with Gasteiger partial charge in [0.15, 0.2) is 0 Å². The van der Waals surface area contributed by atoms with E-state index in [1.54, 1.807) is 0 Å². The van der Waals surface area contributed by atoms with Crippen molar-refractivity contribution in [3.63, 3.8) is 0 Å². The third-order valence-corrected chi connectivity index (χ3v) is 0. The first-order chi connectivity index (χ1) is 0. The standard InChI is InChI=1S/6BrH.3K.Os.3H/h6*1H;;;;;;;/q;;;;;;3*+1;;3*-1. The maximum atomic E-state index is 0. The smallest absolute Gasteiger partial charge is 1.00 e. The van der Waals surface area contributed by atoms with Crippen molar-refractivity contribution in [2.75, 3.05) is 0 Å². The Morgan fingerprint density at radius 3 is 0.400 bits per heavy atom. The Hall–Kier alpha value is 8.43. The van der Waals surface area contributed by atoms with Crippen LogP contribution in [0.1, 0.15) is 4.28 Å². The second-order valence-corrected chi connectivity index (χ2v) is 0. The Balaban J connectivity index is 0. The zero-order valence-electron chi connectivity index (χ0n) is 8.80. The van der Waals surface area contributed by atoms with Gasteiger partial charge in [0.2, 0.25) is 0 Å². The topological polar surface area (TPSA) is 0 Å². The molecule has 0 aliphatic rings. The van der Waals surface area contributed by atoms with Crippen molar-refractivity contribution in [1.29, 1.82) is 0 Å². The molecule has 0 N–H and O–H groups in total. The summed E-state index contributed by atoms with van der Waals surface area (Å²) >= 11 is 0. The van der Waals surface area contributed by atoms with E-state index in [2.05, 4.69) is 0 Å². The summed E-state index contributed by atoms with van der Waals surface area (Å²) in [5.41, 5.74) is 0. The fraction of sp³-hybridized carbons (Fsp3) is 0. The van der Waals surface area contributed by atoms with Crippen molar-refractivity contribution >= 4 is 102 Å². The molecule has 0 bridgehead atoms. The SMILES string of the molecule is Br.Br.Br.Br.Br.Br.[H-].[H-].[H-].[K+].[K+].[K+].[Os]. The van der Waals surface area contributed by atoms with Crippen molar-refractivity contribution < 1.29 is 178 Å². The Morgan fingerprint density at radius 1 is 0.400 bits per heavy atom. The molecule has 62 valence electrons. The van der Waals surface area contributed by atoms with E-state index in [0.717, 1.165) is 0 Å². The molecule has 0 radical (unpaired) electrons. The summed E-state index contributed by atoms with van der Waals surface area (Å²) in [6.07, 6.45) is 0. The van der Waals surface area contributed by atoms with Gasteiger partial charge in [-0.25, -0.2) is 0 Å². The van der Waals surface area contributed by atoms with E-state index >= 15 is 0 Å². The van der Waals surface area contributed by atoms with E-state index in [0.29, 0.717) is 0 Å². The molecular weight excluding hydrogens is 787 g/mol. The fourth-order valence-electron chi connectivity index (χ4n) is 0. The first kappa shape index (κ1) is 78.8. The molecule has 10 heavy (non-hydrogen) atoms.